The van der Waals surface area contributed by atoms with Gasteiger partial charge in [-0.2, -0.15) is 0 Å². The molecule has 1 unspecified atom stereocenters. The van der Waals surface area contributed by atoms with Gasteiger partial charge in [-0.25, -0.2) is 0 Å². The van der Waals surface area contributed by atoms with Crippen molar-refractivity contribution in [1.29, 1.82) is 0 Å². The predicted octanol–water partition coefficient (Wildman–Crippen LogP) is 0.0109. The standard InChI is InChI=1S/C20H22N4O4/c21-12-6-20(7-12)9-23(10-20)8-11-1-2-13-14(5-11)19(28)24(18(13)27)15-3-4-16(25)22-17(15)26/h1-2,5,12,15H,3-4,6-10,21H2,(H,22,25,26). The van der Waals surface area contributed by atoms with Crippen LogP contribution in [0.1, 0.15) is 52.0 Å². The van der Waals surface area contributed by atoms with E-state index in [0.29, 0.717) is 22.6 Å². The van der Waals surface area contributed by atoms with E-state index in [1.54, 1.807) is 12.1 Å². The summed E-state index contributed by atoms with van der Waals surface area (Å²) in [6.45, 7) is 2.77. The second-order valence-electron chi connectivity index (χ2n) is 8.64. The first kappa shape index (κ1) is 17.5. The third-order valence-electron chi connectivity index (χ3n) is 6.42. The summed E-state index contributed by atoms with van der Waals surface area (Å²) in [5.41, 5.74) is 7.94. The van der Waals surface area contributed by atoms with E-state index < -0.39 is 23.8 Å². The highest BCUT2D eigenvalue weighted by atomic mass is 16.2. The van der Waals surface area contributed by atoms with Crippen LogP contribution in [0, 0.1) is 5.41 Å². The van der Waals surface area contributed by atoms with Gasteiger partial charge in [0, 0.05) is 32.1 Å². The Bertz CT molecular complexity index is 913. The molecule has 8 heteroatoms. The third kappa shape index (κ3) is 2.59. The van der Waals surface area contributed by atoms with Gasteiger partial charge in [-0.15, -0.1) is 0 Å². The minimum atomic E-state index is -0.924. The first-order valence-electron chi connectivity index (χ1n) is 9.68. The van der Waals surface area contributed by atoms with Crippen molar-refractivity contribution in [1.82, 2.24) is 15.1 Å². The molecule has 28 heavy (non-hydrogen) atoms. The van der Waals surface area contributed by atoms with Crippen LogP contribution in [0.5, 0.6) is 0 Å². The summed E-state index contributed by atoms with van der Waals surface area (Å²) in [6.07, 6.45) is 2.46. The number of nitrogens with zero attached hydrogens (tertiary/aromatic N) is 2. The third-order valence-corrected chi connectivity index (χ3v) is 6.42. The highest BCUT2D eigenvalue weighted by Crippen LogP contribution is 2.47. The zero-order chi connectivity index (χ0) is 19.6. The summed E-state index contributed by atoms with van der Waals surface area (Å²) < 4.78 is 0. The topological polar surface area (TPSA) is 113 Å². The van der Waals surface area contributed by atoms with Crippen LogP contribution in [-0.4, -0.2) is 58.6 Å². The van der Waals surface area contributed by atoms with E-state index in [2.05, 4.69) is 10.2 Å². The van der Waals surface area contributed by atoms with Gasteiger partial charge in [0.25, 0.3) is 11.8 Å². The van der Waals surface area contributed by atoms with Gasteiger partial charge < -0.3 is 5.73 Å². The van der Waals surface area contributed by atoms with Crippen molar-refractivity contribution in [2.75, 3.05) is 13.1 Å². The Kier molecular flexibility index (Phi) is 3.73. The second-order valence-corrected chi connectivity index (χ2v) is 8.64. The molecule has 1 aromatic carbocycles. The first-order valence-corrected chi connectivity index (χ1v) is 9.68. The monoisotopic (exact) mass is 382 g/mol. The molecule has 0 aromatic heterocycles. The number of carbonyl (C=O) groups excluding carboxylic acids is 4. The number of nitrogens with one attached hydrogen (secondary N) is 1. The molecule has 1 saturated carbocycles. The van der Waals surface area contributed by atoms with Crippen LogP contribution < -0.4 is 11.1 Å². The zero-order valence-corrected chi connectivity index (χ0v) is 15.4. The number of amides is 4. The van der Waals surface area contributed by atoms with Crippen molar-refractivity contribution in [3.05, 3.63) is 34.9 Å². The number of imide groups is 2. The van der Waals surface area contributed by atoms with E-state index in [-0.39, 0.29) is 18.7 Å². The maximum absolute atomic E-state index is 12.9. The highest BCUT2D eigenvalue weighted by Gasteiger charge is 2.51. The minimum Gasteiger partial charge on any atom is -0.328 e. The van der Waals surface area contributed by atoms with Gasteiger partial charge in [-0.3, -0.25) is 34.3 Å². The lowest BCUT2D eigenvalue weighted by molar-refractivity contribution is -0.136. The van der Waals surface area contributed by atoms with Gasteiger partial charge in [0.1, 0.15) is 6.04 Å². The molecule has 3 heterocycles. The number of benzene rings is 1. The smallest absolute Gasteiger partial charge is 0.262 e. The van der Waals surface area contributed by atoms with Gasteiger partial charge in [-0.05, 0) is 42.4 Å². The SMILES string of the molecule is NC1CC2(C1)CN(Cc1ccc3c(c1)C(=O)N(C1CCC(=O)NC1=O)C3=O)C2. The van der Waals surface area contributed by atoms with Gasteiger partial charge in [0.05, 0.1) is 11.1 Å². The van der Waals surface area contributed by atoms with Crippen molar-refractivity contribution in [3.63, 3.8) is 0 Å². The molecule has 3 N–H and O–H groups in total. The summed E-state index contributed by atoms with van der Waals surface area (Å²) >= 11 is 0. The molecule has 1 atom stereocenters. The van der Waals surface area contributed by atoms with Crippen LogP contribution in [0.4, 0.5) is 0 Å². The summed E-state index contributed by atoms with van der Waals surface area (Å²) in [7, 11) is 0. The van der Waals surface area contributed by atoms with E-state index in [0.717, 1.165) is 42.9 Å². The Morgan fingerprint density at radius 2 is 1.79 bits per heavy atom. The van der Waals surface area contributed by atoms with Crippen molar-refractivity contribution in [2.24, 2.45) is 11.1 Å². The van der Waals surface area contributed by atoms with Gasteiger partial charge >= 0.3 is 0 Å². The molecule has 1 aliphatic carbocycles. The molecule has 4 aliphatic rings. The molecule has 2 saturated heterocycles. The van der Waals surface area contributed by atoms with Crippen LogP contribution in [-0.2, 0) is 16.1 Å². The molecule has 5 rings (SSSR count). The number of nitrogens with two attached hydrogens (primary N) is 1. The largest absolute Gasteiger partial charge is 0.328 e. The fourth-order valence-electron chi connectivity index (χ4n) is 5.20. The Hall–Kier alpha value is -2.58. The van der Waals surface area contributed by atoms with E-state index in [9.17, 15) is 19.2 Å². The fourth-order valence-corrected chi connectivity index (χ4v) is 5.20. The Morgan fingerprint density at radius 1 is 1.07 bits per heavy atom. The number of hydrogen-bond acceptors (Lipinski definition) is 6. The molecular weight excluding hydrogens is 360 g/mol. The molecule has 3 aliphatic heterocycles. The highest BCUT2D eigenvalue weighted by molar-refractivity contribution is 6.23. The quantitative estimate of drug-likeness (QED) is 0.712. The van der Waals surface area contributed by atoms with Crippen molar-refractivity contribution in [3.8, 4) is 0 Å². The lowest BCUT2D eigenvalue weighted by atomic mass is 9.61. The van der Waals surface area contributed by atoms with E-state index >= 15 is 0 Å². The van der Waals surface area contributed by atoms with Gasteiger partial charge in [0.15, 0.2) is 0 Å². The second kappa shape index (κ2) is 5.96. The molecule has 146 valence electrons. The molecular formula is C20H22N4O4. The molecule has 1 spiro atoms. The number of likely N-dealkylation sites (tertiary alicyclic amines) is 1. The van der Waals surface area contributed by atoms with Gasteiger partial charge in [0.2, 0.25) is 11.8 Å². The number of hydrogen-bond donors (Lipinski definition) is 2. The number of rotatable bonds is 3. The molecule has 0 radical (unpaired) electrons. The number of carbonyl (C=O) groups is 4. The average Bonchev–Trinajstić information content (AvgIpc) is 2.83. The van der Waals surface area contributed by atoms with Crippen molar-refractivity contribution in [2.45, 2.75) is 44.3 Å². The molecule has 4 amide bonds. The summed E-state index contributed by atoms with van der Waals surface area (Å²) in [4.78, 5) is 52.4. The Labute approximate surface area is 162 Å². The van der Waals surface area contributed by atoms with E-state index in [4.69, 9.17) is 5.73 Å². The fraction of sp³-hybridized carbons (Fsp3) is 0.500. The summed E-state index contributed by atoms with van der Waals surface area (Å²) in [5, 5.41) is 2.21. The van der Waals surface area contributed by atoms with Crippen LogP contribution in [0.25, 0.3) is 0 Å². The van der Waals surface area contributed by atoms with E-state index in [1.807, 2.05) is 6.07 Å². The zero-order valence-electron chi connectivity index (χ0n) is 15.4. The average molecular weight is 382 g/mol. The van der Waals surface area contributed by atoms with Crippen molar-refractivity contribution >= 4 is 23.6 Å². The summed E-state index contributed by atoms with van der Waals surface area (Å²) in [5.74, 6) is -1.88. The molecule has 3 fully saturated rings. The molecule has 0 bridgehead atoms. The first-order chi connectivity index (χ1) is 13.3. The molecule has 8 nitrogen and oxygen atoms in total. The van der Waals surface area contributed by atoms with Gasteiger partial charge in [-0.1, -0.05) is 6.07 Å². The predicted molar refractivity (Wildman–Crippen MR) is 98.0 cm³/mol. The van der Waals surface area contributed by atoms with Crippen molar-refractivity contribution < 1.29 is 19.2 Å². The van der Waals surface area contributed by atoms with Crippen LogP contribution >= 0.6 is 0 Å². The summed E-state index contributed by atoms with van der Waals surface area (Å²) in [6, 6.07) is 4.72. The van der Waals surface area contributed by atoms with Crippen LogP contribution in [0.3, 0.4) is 0 Å². The Balaban J connectivity index is 1.31. The van der Waals surface area contributed by atoms with E-state index in [1.165, 1.54) is 0 Å². The maximum atomic E-state index is 12.9. The number of piperidine rings is 1. The minimum absolute atomic E-state index is 0.120. The lowest BCUT2D eigenvalue weighted by Crippen LogP contribution is -2.64. The van der Waals surface area contributed by atoms with Crippen LogP contribution in [0.2, 0.25) is 0 Å². The Morgan fingerprint density at radius 3 is 2.46 bits per heavy atom. The maximum Gasteiger partial charge on any atom is 0.262 e. The lowest BCUT2D eigenvalue weighted by Gasteiger charge is -2.58. The van der Waals surface area contributed by atoms with Crippen LogP contribution in [0.15, 0.2) is 18.2 Å². The normalized spacial score (nSPS) is 26.9. The molecule has 1 aromatic rings. The number of fused-ring (bicyclic) bond motifs is 1.